The summed E-state index contributed by atoms with van der Waals surface area (Å²) in [5.74, 6) is 0. The Morgan fingerprint density at radius 3 is 2.71 bits per heavy atom. The van der Waals surface area contributed by atoms with Crippen LogP contribution < -0.4 is 11.2 Å². The summed E-state index contributed by atoms with van der Waals surface area (Å²) in [6, 6.07) is 0. The van der Waals surface area contributed by atoms with Crippen LogP contribution in [0.5, 0.6) is 0 Å². The van der Waals surface area contributed by atoms with Crippen molar-refractivity contribution in [1.82, 2.24) is 9.55 Å². The first-order valence-electron chi connectivity index (χ1n) is 5.59. The summed E-state index contributed by atoms with van der Waals surface area (Å²) in [6.45, 7) is 0. The molecule has 1 aliphatic heterocycles. The van der Waals surface area contributed by atoms with E-state index in [2.05, 4.69) is 4.52 Å². The van der Waals surface area contributed by atoms with Gasteiger partial charge < -0.3 is 19.6 Å². The number of carbonyl (C=O) groups is 1. The van der Waals surface area contributed by atoms with Crippen molar-refractivity contribution >= 4 is 14.1 Å². The Hall–Kier alpha value is -1.62. The molecule has 0 radical (unpaired) electrons. The van der Waals surface area contributed by atoms with Gasteiger partial charge in [0.2, 0.25) is 0 Å². The van der Waals surface area contributed by atoms with E-state index in [0.29, 0.717) is 0 Å². The number of carbonyl (C=O) groups excluding carboxylic acids is 1. The average Bonchev–Trinajstić information content (AvgIpc) is 2.68. The number of phosphoric ester groups is 1. The molecule has 0 bridgehead atoms. The van der Waals surface area contributed by atoms with Crippen LogP contribution in [0.3, 0.4) is 0 Å². The third-order valence-electron chi connectivity index (χ3n) is 2.72. The second kappa shape index (κ2) is 5.64. The number of ether oxygens (including phenoxy) is 1. The molecule has 3 atom stereocenters. The van der Waals surface area contributed by atoms with Crippen LogP contribution in [0.4, 0.5) is 0 Å². The molecule has 1 aromatic heterocycles. The first kappa shape index (κ1) is 15.8. The van der Waals surface area contributed by atoms with Crippen LogP contribution in [0.15, 0.2) is 15.8 Å². The number of H-pyrrole nitrogens is 1. The highest BCUT2D eigenvalue weighted by atomic mass is 31.2. The van der Waals surface area contributed by atoms with Gasteiger partial charge >= 0.3 is 13.5 Å². The van der Waals surface area contributed by atoms with Crippen LogP contribution in [0.25, 0.3) is 0 Å². The van der Waals surface area contributed by atoms with Gasteiger partial charge in [-0.15, -0.1) is 0 Å². The normalized spacial score (nSPS) is 26.0. The van der Waals surface area contributed by atoms with Gasteiger partial charge in [0.1, 0.15) is 12.3 Å². The number of aldehydes is 1. The first-order chi connectivity index (χ1) is 9.71. The highest BCUT2D eigenvalue weighted by Crippen LogP contribution is 2.42. The van der Waals surface area contributed by atoms with Crippen molar-refractivity contribution in [2.75, 3.05) is 0 Å². The third-order valence-corrected chi connectivity index (χ3v) is 3.20. The molecule has 12 heteroatoms. The largest absolute Gasteiger partial charge is 0.472 e. The maximum absolute atomic E-state index is 11.6. The van der Waals surface area contributed by atoms with Crippen LogP contribution in [-0.2, 0) is 13.8 Å². The zero-order valence-electron chi connectivity index (χ0n) is 10.3. The van der Waals surface area contributed by atoms with Gasteiger partial charge in [0, 0.05) is 12.6 Å². The third kappa shape index (κ3) is 3.53. The lowest BCUT2D eigenvalue weighted by molar-refractivity contribution is -0.135. The van der Waals surface area contributed by atoms with Crippen LogP contribution in [0, 0.1) is 0 Å². The number of hydrogen-bond acceptors (Lipinski definition) is 7. The Labute approximate surface area is 116 Å². The van der Waals surface area contributed by atoms with Crippen molar-refractivity contribution in [2.24, 2.45) is 0 Å². The van der Waals surface area contributed by atoms with Crippen LogP contribution in [0.1, 0.15) is 23.0 Å². The number of aromatic nitrogens is 2. The maximum atomic E-state index is 11.6. The fourth-order valence-corrected chi connectivity index (χ4v) is 2.29. The van der Waals surface area contributed by atoms with Gasteiger partial charge in [0.05, 0.1) is 5.56 Å². The monoisotopic (exact) mass is 322 g/mol. The molecule has 11 nitrogen and oxygen atoms in total. The molecule has 0 saturated carbocycles. The molecule has 1 aliphatic rings. The van der Waals surface area contributed by atoms with E-state index >= 15 is 0 Å². The number of aliphatic hydroxyl groups is 1. The quantitative estimate of drug-likeness (QED) is 0.364. The minimum atomic E-state index is -4.89. The maximum Gasteiger partial charge on any atom is 0.472 e. The van der Waals surface area contributed by atoms with Gasteiger partial charge in [-0.2, -0.15) is 0 Å². The lowest BCUT2D eigenvalue weighted by atomic mass is 10.2. The summed E-state index contributed by atoms with van der Waals surface area (Å²) in [4.78, 5) is 52.7. The van der Waals surface area contributed by atoms with Gasteiger partial charge in [0.15, 0.2) is 12.6 Å². The number of nitrogens with one attached hydrogen (secondary N) is 1. The minimum Gasteiger partial charge on any atom is -0.388 e. The predicted molar refractivity (Wildman–Crippen MR) is 64.4 cm³/mol. The van der Waals surface area contributed by atoms with E-state index in [1.165, 1.54) is 0 Å². The number of phosphoric acid groups is 1. The molecule has 1 fully saturated rings. The molecular weight excluding hydrogens is 311 g/mol. The lowest BCUT2D eigenvalue weighted by Gasteiger charge is -2.16. The summed E-state index contributed by atoms with van der Waals surface area (Å²) < 4.78 is 20.8. The fourth-order valence-electron chi connectivity index (χ4n) is 1.83. The summed E-state index contributed by atoms with van der Waals surface area (Å²) in [6.07, 6.45) is -3.28. The van der Waals surface area contributed by atoms with E-state index in [1.807, 2.05) is 4.98 Å². The van der Waals surface area contributed by atoms with E-state index in [4.69, 9.17) is 14.5 Å². The summed E-state index contributed by atoms with van der Waals surface area (Å²) in [7, 11) is -4.89. The lowest BCUT2D eigenvalue weighted by Crippen LogP contribution is -2.34. The smallest absolute Gasteiger partial charge is 0.388 e. The highest BCUT2D eigenvalue weighted by molar-refractivity contribution is 7.46. The Bertz CT molecular complexity index is 704. The number of aromatic amines is 1. The van der Waals surface area contributed by atoms with Crippen molar-refractivity contribution in [3.05, 3.63) is 32.6 Å². The Kier molecular flexibility index (Phi) is 4.23. The molecule has 0 aromatic carbocycles. The van der Waals surface area contributed by atoms with Gasteiger partial charge in [0.25, 0.3) is 5.56 Å². The zero-order chi connectivity index (χ0) is 15.8. The standard InChI is InChI=1S/C9H11N2O9P/c12-3-4-2-11(9(15)10-7(4)14)6-1-5(13)8(19-6)20-21(16,17)18/h2-3,5-6,8,13H,1H2,(H,10,14,15)(H2,16,17,18)/t5-,6+,8+/m0/s1. The number of rotatable bonds is 4. The molecule has 116 valence electrons. The second-order valence-electron chi connectivity index (χ2n) is 4.23. The van der Waals surface area contributed by atoms with Crippen molar-refractivity contribution < 1.29 is 33.5 Å². The van der Waals surface area contributed by atoms with Crippen molar-refractivity contribution in [3.8, 4) is 0 Å². The predicted octanol–water partition coefficient (Wildman–Crippen LogP) is -1.94. The Balaban J connectivity index is 2.29. The van der Waals surface area contributed by atoms with E-state index in [1.54, 1.807) is 0 Å². The van der Waals surface area contributed by atoms with Crippen LogP contribution in [0.2, 0.25) is 0 Å². The van der Waals surface area contributed by atoms with E-state index in [-0.39, 0.29) is 18.3 Å². The molecule has 1 aromatic rings. The summed E-state index contributed by atoms with van der Waals surface area (Å²) in [5, 5.41) is 9.61. The zero-order valence-corrected chi connectivity index (χ0v) is 11.2. The highest BCUT2D eigenvalue weighted by Gasteiger charge is 2.40. The molecule has 2 rings (SSSR count). The topological polar surface area (TPSA) is 168 Å². The van der Waals surface area contributed by atoms with E-state index < -0.39 is 37.7 Å². The summed E-state index contributed by atoms with van der Waals surface area (Å²) >= 11 is 0. The van der Waals surface area contributed by atoms with Gasteiger partial charge in [-0.05, 0) is 0 Å². The molecule has 0 spiro atoms. The number of hydrogen-bond donors (Lipinski definition) is 4. The second-order valence-corrected chi connectivity index (χ2v) is 5.42. The molecule has 1 saturated heterocycles. The van der Waals surface area contributed by atoms with Crippen molar-refractivity contribution in [1.29, 1.82) is 0 Å². The van der Waals surface area contributed by atoms with Gasteiger partial charge in [-0.25, -0.2) is 9.36 Å². The van der Waals surface area contributed by atoms with Crippen LogP contribution >= 0.6 is 7.82 Å². The van der Waals surface area contributed by atoms with Crippen molar-refractivity contribution in [3.63, 3.8) is 0 Å². The molecule has 0 aliphatic carbocycles. The minimum absolute atomic E-state index is 0.226. The van der Waals surface area contributed by atoms with Crippen molar-refractivity contribution in [2.45, 2.75) is 25.0 Å². The molecule has 2 heterocycles. The Morgan fingerprint density at radius 2 is 2.14 bits per heavy atom. The molecule has 0 amide bonds. The number of aliphatic hydroxyl groups excluding tert-OH is 1. The molecule has 21 heavy (non-hydrogen) atoms. The Morgan fingerprint density at radius 1 is 1.48 bits per heavy atom. The number of nitrogens with zero attached hydrogens (tertiary/aromatic N) is 1. The fraction of sp³-hybridized carbons (Fsp3) is 0.444. The SMILES string of the molecule is O=Cc1cn([C@H]2C[C@H](O)[C@@H](OP(=O)(O)O)O2)c(=O)[nH]c1=O. The first-order valence-corrected chi connectivity index (χ1v) is 7.12. The van der Waals surface area contributed by atoms with Crippen LogP contribution in [-0.4, -0.2) is 43.1 Å². The molecular formula is C9H11N2O9P. The van der Waals surface area contributed by atoms with E-state index in [0.717, 1.165) is 10.8 Å². The van der Waals surface area contributed by atoms with E-state index in [9.17, 15) is 24.1 Å². The van der Waals surface area contributed by atoms with Gasteiger partial charge in [-0.1, -0.05) is 0 Å². The molecule has 4 N–H and O–H groups in total. The van der Waals surface area contributed by atoms with Gasteiger partial charge in [-0.3, -0.25) is 23.7 Å². The molecule has 0 unspecified atom stereocenters. The summed E-state index contributed by atoms with van der Waals surface area (Å²) in [5.41, 5.74) is -2.13. The average molecular weight is 322 g/mol.